The van der Waals surface area contributed by atoms with Crippen LogP contribution in [0.15, 0.2) is 24.3 Å². The van der Waals surface area contributed by atoms with Gasteiger partial charge in [-0.2, -0.15) is 0 Å². The van der Waals surface area contributed by atoms with Crippen molar-refractivity contribution in [1.29, 1.82) is 0 Å². The highest BCUT2D eigenvalue weighted by Crippen LogP contribution is 2.19. The van der Waals surface area contributed by atoms with Crippen LogP contribution in [0.3, 0.4) is 0 Å². The van der Waals surface area contributed by atoms with Crippen LogP contribution in [-0.4, -0.2) is 20.6 Å². The molecule has 0 saturated carbocycles. The zero-order chi connectivity index (χ0) is 11.1. The second-order valence-corrected chi connectivity index (χ2v) is 3.93. The Bertz CT molecular complexity index is 284. The molecule has 0 atom stereocenters. The standard InChI is InChI=1S/C13H22N2/c1-4-5-10-15(3)13-9-7-6-8-12(13)11-14-2/h6-9,14H,4-5,10-11H2,1-3H3. The number of unbranched alkanes of at least 4 members (excludes halogenated alkanes) is 1. The van der Waals surface area contributed by atoms with E-state index in [-0.39, 0.29) is 0 Å². The van der Waals surface area contributed by atoms with Gasteiger partial charge in [0.1, 0.15) is 0 Å². The first-order chi connectivity index (χ1) is 7.29. The fourth-order valence-electron chi connectivity index (χ4n) is 1.74. The van der Waals surface area contributed by atoms with Crippen molar-refractivity contribution in [3.05, 3.63) is 29.8 Å². The molecule has 0 aliphatic heterocycles. The summed E-state index contributed by atoms with van der Waals surface area (Å²) in [5.74, 6) is 0. The number of rotatable bonds is 6. The van der Waals surface area contributed by atoms with E-state index in [2.05, 4.69) is 48.5 Å². The molecule has 0 heterocycles. The van der Waals surface area contributed by atoms with Crippen molar-refractivity contribution in [3.8, 4) is 0 Å². The van der Waals surface area contributed by atoms with Crippen molar-refractivity contribution < 1.29 is 0 Å². The predicted octanol–water partition coefficient (Wildman–Crippen LogP) is 2.64. The predicted molar refractivity (Wildman–Crippen MR) is 67.4 cm³/mol. The van der Waals surface area contributed by atoms with E-state index in [0.29, 0.717) is 0 Å². The molecule has 0 unspecified atom stereocenters. The molecule has 0 aromatic heterocycles. The third kappa shape index (κ3) is 3.56. The number of para-hydroxylation sites is 1. The van der Waals surface area contributed by atoms with E-state index in [1.807, 2.05) is 7.05 Å². The molecule has 0 radical (unpaired) electrons. The third-order valence-electron chi connectivity index (χ3n) is 2.62. The second-order valence-electron chi connectivity index (χ2n) is 3.93. The van der Waals surface area contributed by atoms with Gasteiger partial charge < -0.3 is 10.2 Å². The monoisotopic (exact) mass is 206 g/mol. The van der Waals surface area contributed by atoms with Crippen LogP contribution in [0.25, 0.3) is 0 Å². The first-order valence-corrected chi connectivity index (χ1v) is 5.73. The van der Waals surface area contributed by atoms with E-state index in [9.17, 15) is 0 Å². The van der Waals surface area contributed by atoms with Crippen LogP contribution in [0, 0.1) is 0 Å². The van der Waals surface area contributed by atoms with Gasteiger partial charge in [0, 0.05) is 25.8 Å². The molecular formula is C13H22N2. The summed E-state index contributed by atoms with van der Waals surface area (Å²) in [7, 11) is 4.16. The molecule has 0 bridgehead atoms. The Morgan fingerprint density at radius 1 is 1.27 bits per heavy atom. The van der Waals surface area contributed by atoms with Gasteiger partial charge in [-0.15, -0.1) is 0 Å². The molecule has 2 heteroatoms. The normalized spacial score (nSPS) is 10.3. The molecule has 1 aromatic rings. The molecule has 0 amide bonds. The van der Waals surface area contributed by atoms with Crippen molar-refractivity contribution in [2.24, 2.45) is 0 Å². The van der Waals surface area contributed by atoms with Crippen LogP contribution in [0.5, 0.6) is 0 Å². The molecule has 0 aliphatic carbocycles. The van der Waals surface area contributed by atoms with Gasteiger partial charge in [0.25, 0.3) is 0 Å². The van der Waals surface area contributed by atoms with Crippen molar-refractivity contribution in [2.75, 3.05) is 25.5 Å². The van der Waals surface area contributed by atoms with Crippen LogP contribution < -0.4 is 10.2 Å². The summed E-state index contributed by atoms with van der Waals surface area (Å²) >= 11 is 0. The quantitative estimate of drug-likeness (QED) is 0.769. The largest absolute Gasteiger partial charge is 0.374 e. The Morgan fingerprint density at radius 3 is 2.67 bits per heavy atom. The van der Waals surface area contributed by atoms with Gasteiger partial charge in [0.05, 0.1) is 0 Å². The zero-order valence-corrected chi connectivity index (χ0v) is 10.1. The van der Waals surface area contributed by atoms with Gasteiger partial charge in [-0.1, -0.05) is 31.5 Å². The summed E-state index contributed by atoms with van der Waals surface area (Å²) in [6.07, 6.45) is 2.50. The Balaban J connectivity index is 2.72. The zero-order valence-electron chi connectivity index (χ0n) is 10.1. The van der Waals surface area contributed by atoms with Crippen molar-refractivity contribution >= 4 is 5.69 Å². The maximum atomic E-state index is 3.21. The van der Waals surface area contributed by atoms with E-state index < -0.39 is 0 Å². The van der Waals surface area contributed by atoms with Gasteiger partial charge in [-0.25, -0.2) is 0 Å². The Hall–Kier alpha value is -1.02. The minimum Gasteiger partial charge on any atom is -0.374 e. The van der Waals surface area contributed by atoms with Gasteiger partial charge in [0.15, 0.2) is 0 Å². The Labute approximate surface area is 93.3 Å². The SMILES string of the molecule is CCCCN(C)c1ccccc1CNC. The smallest absolute Gasteiger partial charge is 0.0409 e. The van der Waals surface area contributed by atoms with Crippen molar-refractivity contribution in [3.63, 3.8) is 0 Å². The molecule has 0 spiro atoms. The maximum Gasteiger partial charge on any atom is 0.0409 e. The Kier molecular flexibility index (Phi) is 5.19. The average molecular weight is 206 g/mol. The number of hydrogen-bond acceptors (Lipinski definition) is 2. The summed E-state index contributed by atoms with van der Waals surface area (Å²) < 4.78 is 0. The summed E-state index contributed by atoms with van der Waals surface area (Å²) in [5, 5.41) is 3.21. The third-order valence-corrected chi connectivity index (χ3v) is 2.62. The lowest BCUT2D eigenvalue weighted by atomic mass is 10.1. The van der Waals surface area contributed by atoms with Gasteiger partial charge in [-0.05, 0) is 25.1 Å². The highest BCUT2D eigenvalue weighted by molar-refractivity contribution is 5.52. The molecule has 2 nitrogen and oxygen atoms in total. The fraction of sp³-hybridized carbons (Fsp3) is 0.538. The van der Waals surface area contributed by atoms with E-state index >= 15 is 0 Å². The number of benzene rings is 1. The van der Waals surface area contributed by atoms with E-state index in [0.717, 1.165) is 13.1 Å². The number of nitrogens with one attached hydrogen (secondary N) is 1. The molecule has 1 rings (SSSR count). The minimum atomic E-state index is 0.937. The summed E-state index contributed by atoms with van der Waals surface area (Å²) in [6, 6.07) is 8.59. The molecule has 0 aliphatic rings. The fourth-order valence-corrected chi connectivity index (χ4v) is 1.74. The number of anilines is 1. The first-order valence-electron chi connectivity index (χ1n) is 5.73. The lowest BCUT2D eigenvalue weighted by molar-refractivity contribution is 0.755. The van der Waals surface area contributed by atoms with Crippen molar-refractivity contribution in [2.45, 2.75) is 26.3 Å². The molecule has 0 saturated heterocycles. The molecule has 84 valence electrons. The number of hydrogen-bond donors (Lipinski definition) is 1. The van der Waals surface area contributed by atoms with Gasteiger partial charge in [-0.3, -0.25) is 0 Å². The van der Waals surface area contributed by atoms with E-state index in [1.54, 1.807) is 0 Å². The molecular weight excluding hydrogens is 184 g/mol. The molecule has 15 heavy (non-hydrogen) atoms. The van der Waals surface area contributed by atoms with Crippen LogP contribution in [0.1, 0.15) is 25.3 Å². The van der Waals surface area contributed by atoms with Gasteiger partial charge >= 0.3 is 0 Å². The lowest BCUT2D eigenvalue weighted by Crippen LogP contribution is -2.21. The minimum absolute atomic E-state index is 0.937. The molecule has 1 aromatic carbocycles. The van der Waals surface area contributed by atoms with E-state index in [1.165, 1.54) is 24.1 Å². The maximum absolute atomic E-state index is 3.21. The lowest BCUT2D eigenvalue weighted by Gasteiger charge is -2.22. The highest BCUT2D eigenvalue weighted by atomic mass is 15.1. The highest BCUT2D eigenvalue weighted by Gasteiger charge is 2.04. The first kappa shape index (κ1) is 12.1. The molecule has 0 fully saturated rings. The van der Waals surface area contributed by atoms with Crippen LogP contribution >= 0.6 is 0 Å². The van der Waals surface area contributed by atoms with Crippen LogP contribution in [0.4, 0.5) is 5.69 Å². The van der Waals surface area contributed by atoms with Crippen LogP contribution in [0.2, 0.25) is 0 Å². The van der Waals surface area contributed by atoms with E-state index in [4.69, 9.17) is 0 Å². The second kappa shape index (κ2) is 6.46. The Morgan fingerprint density at radius 2 is 2.00 bits per heavy atom. The van der Waals surface area contributed by atoms with Crippen molar-refractivity contribution in [1.82, 2.24) is 5.32 Å². The topological polar surface area (TPSA) is 15.3 Å². The number of nitrogens with zero attached hydrogens (tertiary/aromatic N) is 1. The summed E-state index contributed by atoms with van der Waals surface area (Å²) in [4.78, 5) is 2.34. The van der Waals surface area contributed by atoms with Crippen LogP contribution in [-0.2, 0) is 6.54 Å². The molecule has 1 N–H and O–H groups in total. The summed E-state index contributed by atoms with van der Waals surface area (Å²) in [6.45, 7) is 4.30. The average Bonchev–Trinajstić information content (AvgIpc) is 2.27. The van der Waals surface area contributed by atoms with Gasteiger partial charge in [0.2, 0.25) is 0 Å². The summed E-state index contributed by atoms with van der Waals surface area (Å²) in [5.41, 5.74) is 2.72.